The van der Waals surface area contributed by atoms with E-state index < -0.39 is 33.3 Å². The van der Waals surface area contributed by atoms with Crippen LogP contribution in [0.2, 0.25) is 0 Å². The molecule has 0 aliphatic carbocycles. The number of carboxylic acids is 1. The van der Waals surface area contributed by atoms with Gasteiger partial charge in [-0.15, -0.1) is 6.58 Å². The lowest BCUT2D eigenvalue weighted by molar-refractivity contribution is -0.141. The van der Waals surface area contributed by atoms with E-state index in [4.69, 9.17) is 4.74 Å². The molecule has 2 aromatic rings. The maximum atomic E-state index is 12.9. The maximum Gasteiger partial charge on any atom is 0.322 e. The number of carboxylic acid groups (broad SMARTS) is 1. The number of nitrogens with one attached hydrogen (secondary N) is 1. The zero-order valence-corrected chi connectivity index (χ0v) is 15.7. The van der Waals surface area contributed by atoms with Gasteiger partial charge in [0, 0.05) is 5.41 Å². The van der Waals surface area contributed by atoms with E-state index in [-0.39, 0.29) is 4.90 Å². The van der Waals surface area contributed by atoms with Crippen molar-refractivity contribution in [2.75, 3.05) is 0 Å². The molecular weight excluding hydrogens is 373 g/mol. The Morgan fingerprint density at radius 2 is 1.63 bits per heavy atom. The molecule has 0 spiro atoms. The van der Waals surface area contributed by atoms with Crippen molar-refractivity contribution in [3.63, 3.8) is 0 Å². The maximum absolute atomic E-state index is 12.9. The van der Waals surface area contributed by atoms with E-state index >= 15 is 0 Å². The molecule has 0 aromatic heterocycles. The first kappa shape index (κ1) is 20.6. The highest BCUT2D eigenvalue weighted by Crippen LogP contribution is 2.26. The first-order valence-electron chi connectivity index (χ1n) is 7.97. The number of hydrogen-bond donors (Lipinski definition) is 2. The predicted octanol–water partition coefficient (Wildman–Crippen LogP) is 3.56. The van der Waals surface area contributed by atoms with Crippen LogP contribution in [0.25, 0.3) is 0 Å². The molecule has 2 N–H and O–H groups in total. The number of ether oxygens (including phenoxy) is 1. The third kappa shape index (κ3) is 5.15. The summed E-state index contributed by atoms with van der Waals surface area (Å²) in [5.41, 5.74) is -0.995. The molecule has 8 heteroatoms. The topological polar surface area (TPSA) is 92.7 Å². The smallest absolute Gasteiger partial charge is 0.322 e. The largest absolute Gasteiger partial charge is 0.480 e. The van der Waals surface area contributed by atoms with Crippen molar-refractivity contribution in [2.24, 2.45) is 5.41 Å². The zero-order chi connectivity index (χ0) is 20.2. The van der Waals surface area contributed by atoms with E-state index in [2.05, 4.69) is 11.3 Å². The van der Waals surface area contributed by atoms with Gasteiger partial charge in [0.25, 0.3) is 0 Å². The standard InChI is InChI=1S/C19H20FNO5S/c1-4-19(2,3)17(18(22)23)21-27(24,25)16-11-9-15(10-12-16)26-14-7-5-13(20)6-8-14/h4-12,17,21H,1H2,2-3H3,(H,22,23). The molecule has 0 amide bonds. The zero-order valence-electron chi connectivity index (χ0n) is 14.8. The third-order valence-corrected chi connectivity index (χ3v) is 5.41. The fraction of sp³-hybridized carbons (Fsp3) is 0.211. The number of hydrogen-bond acceptors (Lipinski definition) is 4. The van der Waals surface area contributed by atoms with Crippen molar-refractivity contribution in [2.45, 2.75) is 24.8 Å². The van der Waals surface area contributed by atoms with E-state index in [1.165, 1.54) is 54.6 Å². The van der Waals surface area contributed by atoms with Gasteiger partial charge in [0.05, 0.1) is 4.90 Å². The summed E-state index contributed by atoms with van der Waals surface area (Å²) >= 11 is 0. The van der Waals surface area contributed by atoms with Crippen molar-refractivity contribution < 1.29 is 27.4 Å². The number of carbonyl (C=O) groups is 1. The van der Waals surface area contributed by atoms with Gasteiger partial charge in [-0.2, -0.15) is 4.72 Å². The summed E-state index contributed by atoms with van der Waals surface area (Å²) in [4.78, 5) is 11.4. The minimum atomic E-state index is -4.08. The molecule has 0 heterocycles. The summed E-state index contributed by atoms with van der Waals surface area (Å²) in [5.74, 6) is -0.962. The third-order valence-electron chi connectivity index (χ3n) is 3.97. The Morgan fingerprint density at radius 1 is 1.15 bits per heavy atom. The second kappa shape index (κ2) is 7.89. The number of rotatable bonds is 8. The average Bonchev–Trinajstić information content (AvgIpc) is 2.62. The van der Waals surface area contributed by atoms with Gasteiger partial charge in [0.2, 0.25) is 10.0 Å². The lowest BCUT2D eigenvalue weighted by Crippen LogP contribution is -2.49. The summed E-state index contributed by atoms with van der Waals surface area (Å²) in [7, 11) is -4.08. The lowest BCUT2D eigenvalue weighted by atomic mass is 9.85. The van der Waals surface area contributed by atoms with Crippen LogP contribution in [0.5, 0.6) is 11.5 Å². The molecule has 0 fully saturated rings. The van der Waals surface area contributed by atoms with Crippen molar-refractivity contribution in [1.82, 2.24) is 4.72 Å². The van der Waals surface area contributed by atoms with Crippen molar-refractivity contribution in [3.8, 4) is 11.5 Å². The van der Waals surface area contributed by atoms with Crippen LogP contribution in [0, 0.1) is 11.2 Å². The molecule has 0 radical (unpaired) electrons. The molecule has 1 unspecified atom stereocenters. The molecule has 2 aromatic carbocycles. The first-order chi connectivity index (χ1) is 12.5. The molecule has 0 aliphatic rings. The number of benzene rings is 2. The summed E-state index contributed by atoms with van der Waals surface area (Å²) < 4.78 is 45.7. The molecule has 0 aliphatic heterocycles. The van der Waals surface area contributed by atoms with Crippen LogP contribution in [-0.2, 0) is 14.8 Å². The van der Waals surface area contributed by atoms with Gasteiger partial charge in [-0.25, -0.2) is 12.8 Å². The Kier molecular flexibility index (Phi) is 6.02. The van der Waals surface area contributed by atoms with Crippen LogP contribution in [0.3, 0.4) is 0 Å². The van der Waals surface area contributed by atoms with Gasteiger partial charge in [0.15, 0.2) is 0 Å². The monoisotopic (exact) mass is 393 g/mol. The number of halogens is 1. The van der Waals surface area contributed by atoms with E-state index in [9.17, 15) is 22.7 Å². The van der Waals surface area contributed by atoms with Crippen LogP contribution >= 0.6 is 0 Å². The van der Waals surface area contributed by atoms with Gasteiger partial charge in [-0.05, 0) is 48.5 Å². The van der Waals surface area contributed by atoms with E-state index in [1.807, 2.05) is 0 Å². The summed E-state index contributed by atoms with van der Waals surface area (Å²) in [5, 5.41) is 9.36. The van der Waals surface area contributed by atoms with E-state index in [1.54, 1.807) is 13.8 Å². The summed E-state index contributed by atoms with van der Waals surface area (Å²) in [6.07, 6.45) is 1.38. The molecule has 27 heavy (non-hydrogen) atoms. The molecular formula is C19H20FNO5S. The normalized spacial score (nSPS) is 13.0. The summed E-state index contributed by atoms with van der Waals surface area (Å²) in [6, 6.07) is 9.42. The Bertz CT molecular complexity index is 922. The van der Waals surface area contributed by atoms with Crippen LogP contribution in [0.1, 0.15) is 13.8 Å². The Balaban J connectivity index is 2.20. The fourth-order valence-electron chi connectivity index (χ4n) is 2.19. The summed E-state index contributed by atoms with van der Waals surface area (Å²) in [6.45, 7) is 6.70. The molecule has 144 valence electrons. The van der Waals surface area contributed by atoms with Crippen molar-refractivity contribution >= 4 is 16.0 Å². The first-order valence-corrected chi connectivity index (χ1v) is 9.46. The Labute approximate surface area is 157 Å². The average molecular weight is 393 g/mol. The quantitative estimate of drug-likeness (QED) is 0.669. The fourth-order valence-corrected chi connectivity index (χ4v) is 3.53. The molecule has 2 rings (SSSR count). The molecule has 0 saturated heterocycles. The second-order valence-corrected chi connectivity index (χ2v) is 8.16. The van der Waals surface area contributed by atoms with Crippen molar-refractivity contribution in [1.29, 1.82) is 0 Å². The van der Waals surface area contributed by atoms with Gasteiger partial charge in [-0.1, -0.05) is 19.9 Å². The highest BCUT2D eigenvalue weighted by Gasteiger charge is 2.36. The SMILES string of the molecule is C=CC(C)(C)C(NS(=O)(=O)c1ccc(Oc2ccc(F)cc2)cc1)C(=O)O. The minimum Gasteiger partial charge on any atom is -0.480 e. The van der Waals surface area contributed by atoms with E-state index in [0.29, 0.717) is 11.5 Å². The van der Waals surface area contributed by atoms with Gasteiger partial charge in [0.1, 0.15) is 23.4 Å². The molecule has 1 atom stereocenters. The van der Waals surface area contributed by atoms with Crippen LogP contribution in [0.4, 0.5) is 4.39 Å². The van der Waals surface area contributed by atoms with Gasteiger partial charge in [-0.3, -0.25) is 4.79 Å². The lowest BCUT2D eigenvalue weighted by Gasteiger charge is -2.28. The number of aliphatic carboxylic acids is 1. The number of sulfonamides is 1. The molecule has 0 bridgehead atoms. The Hall–Kier alpha value is -2.71. The molecule has 0 saturated carbocycles. The van der Waals surface area contributed by atoms with Crippen LogP contribution in [-0.4, -0.2) is 25.5 Å². The highest BCUT2D eigenvalue weighted by atomic mass is 32.2. The minimum absolute atomic E-state index is 0.111. The predicted molar refractivity (Wildman–Crippen MR) is 98.6 cm³/mol. The van der Waals surface area contributed by atoms with Crippen LogP contribution in [0.15, 0.2) is 66.1 Å². The van der Waals surface area contributed by atoms with E-state index in [0.717, 1.165) is 0 Å². The van der Waals surface area contributed by atoms with Crippen molar-refractivity contribution in [3.05, 3.63) is 67.0 Å². The van der Waals surface area contributed by atoms with Crippen LogP contribution < -0.4 is 9.46 Å². The second-order valence-electron chi connectivity index (χ2n) is 6.45. The van der Waals surface area contributed by atoms with Gasteiger partial charge < -0.3 is 9.84 Å². The Morgan fingerprint density at radius 3 is 2.07 bits per heavy atom. The molecule has 6 nitrogen and oxygen atoms in total. The highest BCUT2D eigenvalue weighted by molar-refractivity contribution is 7.89. The van der Waals surface area contributed by atoms with Gasteiger partial charge >= 0.3 is 5.97 Å².